The van der Waals surface area contributed by atoms with Gasteiger partial charge in [-0.1, -0.05) is 24.3 Å². The summed E-state index contributed by atoms with van der Waals surface area (Å²) in [6, 6.07) is 14.2. The van der Waals surface area contributed by atoms with Crippen LogP contribution in [0.5, 0.6) is 11.5 Å². The third kappa shape index (κ3) is 5.60. The van der Waals surface area contributed by atoms with E-state index in [-0.39, 0.29) is 61.8 Å². The number of aromatic hydroxyl groups is 1. The lowest BCUT2D eigenvalue weighted by Crippen LogP contribution is -2.11. The molecule has 0 saturated heterocycles. The van der Waals surface area contributed by atoms with Crippen LogP contribution in [0.4, 0.5) is 20.2 Å². The predicted octanol–water partition coefficient (Wildman–Crippen LogP) is 5.99. The topological polar surface area (TPSA) is 153 Å². The molecule has 0 spiro atoms. The van der Waals surface area contributed by atoms with Gasteiger partial charge in [0, 0.05) is 17.2 Å². The van der Waals surface area contributed by atoms with Crippen LogP contribution in [0.25, 0.3) is 22.3 Å². The average molecular weight is 587 g/mol. The Hall–Kier alpha value is -4.84. The molecule has 0 bridgehead atoms. The number of ether oxygens (including phenoxy) is 1. The number of halogens is 3. The molecule has 0 atom stereocenters. The summed E-state index contributed by atoms with van der Waals surface area (Å²) in [5.74, 6) is -4.94. The number of nitro groups is 1. The molecule has 0 amide bonds. The SMILES string of the molecule is Br.Nc1cc(F)cc(-c2cccc(C(=O)O)c2)c1OC(=O)c1cccc(-c2cc(F)cc([N+](=O)[O-])c2O)c1. The predicted molar refractivity (Wildman–Crippen MR) is 139 cm³/mol. The number of hydrogen-bond donors (Lipinski definition) is 3. The highest BCUT2D eigenvalue weighted by Gasteiger charge is 2.22. The van der Waals surface area contributed by atoms with E-state index in [1.165, 1.54) is 48.5 Å². The Bertz CT molecular complexity index is 1590. The molecule has 0 aromatic heterocycles. The van der Waals surface area contributed by atoms with E-state index >= 15 is 0 Å². The molecule has 38 heavy (non-hydrogen) atoms. The summed E-state index contributed by atoms with van der Waals surface area (Å²) in [5, 5.41) is 30.7. The summed E-state index contributed by atoms with van der Waals surface area (Å²) < 4.78 is 33.6. The number of aromatic carboxylic acids is 1. The highest BCUT2D eigenvalue weighted by molar-refractivity contribution is 8.93. The molecule has 194 valence electrons. The Morgan fingerprint density at radius 3 is 2.05 bits per heavy atom. The first-order chi connectivity index (χ1) is 17.5. The van der Waals surface area contributed by atoms with Gasteiger partial charge in [-0.05, 0) is 47.5 Å². The monoisotopic (exact) mass is 586 g/mol. The first kappa shape index (κ1) is 27.7. The van der Waals surface area contributed by atoms with Crippen molar-refractivity contribution in [3.63, 3.8) is 0 Å². The largest absolute Gasteiger partial charge is 0.502 e. The number of nitrogens with zero attached hydrogens (tertiary/aromatic N) is 1. The molecule has 4 N–H and O–H groups in total. The number of nitro benzene ring substituents is 1. The van der Waals surface area contributed by atoms with Crippen LogP contribution >= 0.6 is 17.0 Å². The van der Waals surface area contributed by atoms with Crippen molar-refractivity contribution >= 4 is 40.3 Å². The third-order valence-corrected chi connectivity index (χ3v) is 5.36. The highest BCUT2D eigenvalue weighted by Crippen LogP contribution is 2.39. The van der Waals surface area contributed by atoms with Gasteiger partial charge >= 0.3 is 17.6 Å². The van der Waals surface area contributed by atoms with Crippen molar-refractivity contribution in [2.24, 2.45) is 0 Å². The molecule has 0 heterocycles. The fourth-order valence-corrected chi connectivity index (χ4v) is 3.67. The molecular formula is C26H17BrF2N2O7. The fraction of sp³-hybridized carbons (Fsp3) is 0. The first-order valence-electron chi connectivity index (χ1n) is 10.5. The standard InChI is InChI=1S/C26H16F2N2O7.BrH/c27-17-10-20(14-4-1-5-15(7-14)25(32)33)24(21(29)11-17)37-26(34)16-6-2-3-13(8-16)19-9-18(28)12-22(23(19)31)30(35)36;/h1-12,31H,29H2,(H,32,33);1H. The second-order valence-electron chi connectivity index (χ2n) is 7.81. The highest BCUT2D eigenvalue weighted by atomic mass is 79.9. The van der Waals surface area contributed by atoms with Crippen molar-refractivity contribution in [3.8, 4) is 33.8 Å². The number of carbonyl (C=O) groups excluding carboxylic acids is 1. The molecule has 0 unspecified atom stereocenters. The van der Waals surface area contributed by atoms with E-state index in [9.17, 15) is 38.7 Å². The van der Waals surface area contributed by atoms with Crippen LogP contribution in [0.15, 0.2) is 72.8 Å². The van der Waals surface area contributed by atoms with Gasteiger partial charge in [-0.3, -0.25) is 10.1 Å². The van der Waals surface area contributed by atoms with Crippen LogP contribution < -0.4 is 10.5 Å². The lowest BCUT2D eigenvalue weighted by atomic mass is 10.0. The number of nitrogen functional groups attached to an aromatic ring is 1. The number of benzene rings is 4. The summed E-state index contributed by atoms with van der Waals surface area (Å²) in [7, 11) is 0. The summed E-state index contributed by atoms with van der Waals surface area (Å²) in [6.45, 7) is 0. The van der Waals surface area contributed by atoms with Gasteiger partial charge in [0.25, 0.3) is 0 Å². The molecule has 0 aliphatic heterocycles. The minimum absolute atomic E-state index is 0. The van der Waals surface area contributed by atoms with Crippen molar-refractivity contribution < 1.29 is 38.2 Å². The minimum Gasteiger partial charge on any atom is -0.502 e. The van der Waals surface area contributed by atoms with Gasteiger partial charge in [-0.2, -0.15) is 0 Å². The fourth-order valence-electron chi connectivity index (χ4n) is 3.67. The number of carboxylic acids is 1. The van der Waals surface area contributed by atoms with Crippen molar-refractivity contribution in [2.75, 3.05) is 5.73 Å². The van der Waals surface area contributed by atoms with Crippen LogP contribution in [-0.2, 0) is 0 Å². The maximum atomic E-state index is 14.2. The smallest absolute Gasteiger partial charge is 0.343 e. The Labute approximate surface area is 223 Å². The van der Waals surface area contributed by atoms with Crippen molar-refractivity contribution in [1.29, 1.82) is 0 Å². The summed E-state index contributed by atoms with van der Waals surface area (Å²) >= 11 is 0. The molecule has 12 heteroatoms. The number of esters is 1. The number of carboxylic acid groups (broad SMARTS) is 1. The van der Waals surface area contributed by atoms with E-state index in [0.29, 0.717) is 6.07 Å². The van der Waals surface area contributed by atoms with Crippen LogP contribution in [0.3, 0.4) is 0 Å². The van der Waals surface area contributed by atoms with Gasteiger partial charge < -0.3 is 20.7 Å². The Balaban J connectivity index is 0.00000400. The van der Waals surface area contributed by atoms with E-state index in [4.69, 9.17) is 10.5 Å². The van der Waals surface area contributed by atoms with Gasteiger partial charge in [-0.15, -0.1) is 17.0 Å². The van der Waals surface area contributed by atoms with Crippen molar-refractivity contribution in [3.05, 3.63) is 106 Å². The van der Waals surface area contributed by atoms with Crippen LogP contribution in [0.2, 0.25) is 0 Å². The van der Waals surface area contributed by atoms with Gasteiger partial charge in [0.15, 0.2) is 5.75 Å². The quantitative estimate of drug-likeness (QED) is 0.0818. The lowest BCUT2D eigenvalue weighted by molar-refractivity contribution is -0.386. The normalized spacial score (nSPS) is 10.4. The molecule has 0 fully saturated rings. The Kier molecular flexibility index (Phi) is 8.07. The maximum Gasteiger partial charge on any atom is 0.343 e. The molecule has 0 aliphatic rings. The molecule has 0 aliphatic carbocycles. The lowest BCUT2D eigenvalue weighted by Gasteiger charge is -2.14. The number of phenols is 1. The second-order valence-corrected chi connectivity index (χ2v) is 7.81. The van der Waals surface area contributed by atoms with E-state index in [0.717, 1.165) is 18.2 Å². The molecule has 0 saturated carbocycles. The third-order valence-electron chi connectivity index (χ3n) is 5.36. The van der Waals surface area contributed by atoms with Gasteiger partial charge in [-0.25, -0.2) is 18.4 Å². The number of anilines is 1. The summed E-state index contributed by atoms with van der Waals surface area (Å²) in [5.41, 5.74) is 4.73. The van der Waals surface area contributed by atoms with E-state index in [1.54, 1.807) is 0 Å². The maximum absolute atomic E-state index is 14.2. The van der Waals surface area contributed by atoms with E-state index in [2.05, 4.69) is 0 Å². The Morgan fingerprint density at radius 1 is 0.868 bits per heavy atom. The number of nitrogens with two attached hydrogens (primary N) is 1. The van der Waals surface area contributed by atoms with Gasteiger partial charge in [0.2, 0.25) is 5.75 Å². The number of hydrogen-bond acceptors (Lipinski definition) is 7. The van der Waals surface area contributed by atoms with Crippen molar-refractivity contribution in [1.82, 2.24) is 0 Å². The second kappa shape index (κ2) is 11.0. The summed E-state index contributed by atoms with van der Waals surface area (Å²) in [4.78, 5) is 34.6. The molecule has 4 aromatic carbocycles. The Morgan fingerprint density at radius 2 is 1.42 bits per heavy atom. The average Bonchev–Trinajstić information content (AvgIpc) is 2.86. The number of phenolic OH excluding ortho intramolecular Hbond substituents is 1. The van der Waals surface area contributed by atoms with Crippen LogP contribution in [0, 0.1) is 21.7 Å². The van der Waals surface area contributed by atoms with E-state index < -0.39 is 39.9 Å². The zero-order valence-electron chi connectivity index (χ0n) is 19.1. The number of rotatable bonds is 6. The molecule has 0 radical (unpaired) electrons. The number of carbonyl (C=O) groups is 2. The van der Waals surface area contributed by atoms with E-state index in [1.807, 2.05) is 0 Å². The zero-order valence-corrected chi connectivity index (χ0v) is 20.8. The minimum atomic E-state index is -1.22. The molecular weight excluding hydrogens is 570 g/mol. The van der Waals surface area contributed by atoms with Crippen LogP contribution in [-0.4, -0.2) is 27.1 Å². The van der Waals surface area contributed by atoms with Crippen molar-refractivity contribution in [2.45, 2.75) is 0 Å². The van der Waals surface area contributed by atoms with Gasteiger partial charge in [0.05, 0.1) is 27.8 Å². The zero-order chi connectivity index (χ0) is 26.9. The summed E-state index contributed by atoms with van der Waals surface area (Å²) in [6.07, 6.45) is 0. The van der Waals surface area contributed by atoms with Gasteiger partial charge in [0.1, 0.15) is 11.6 Å². The van der Waals surface area contributed by atoms with Crippen LogP contribution in [0.1, 0.15) is 20.7 Å². The molecule has 9 nitrogen and oxygen atoms in total. The molecule has 4 aromatic rings. The first-order valence-corrected chi connectivity index (χ1v) is 10.5. The molecule has 4 rings (SSSR count).